The van der Waals surface area contributed by atoms with Crippen molar-refractivity contribution in [3.05, 3.63) is 34.1 Å². The fourth-order valence-corrected chi connectivity index (χ4v) is 3.76. The smallest absolute Gasteiger partial charge is 0.123 e. The molecule has 1 aromatic carbocycles. The minimum atomic E-state index is -0.185. The lowest BCUT2D eigenvalue weighted by Crippen LogP contribution is -2.41. The van der Waals surface area contributed by atoms with Gasteiger partial charge in [0.15, 0.2) is 0 Å². The molecular weight excluding hydrogens is 321 g/mol. The summed E-state index contributed by atoms with van der Waals surface area (Å²) in [5, 5.41) is 3.40. The highest BCUT2D eigenvalue weighted by molar-refractivity contribution is 9.10. The number of hydrogen-bond acceptors (Lipinski definition) is 2. The number of ether oxygens (including phenoxy) is 1. The first-order valence-electron chi connectivity index (χ1n) is 7.20. The summed E-state index contributed by atoms with van der Waals surface area (Å²) in [5.74, 6) is 0.746. The van der Waals surface area contributed by atoms with E-state index >= 15 is 0 Å². The summed E-state index contributed by atoms with van der Waals surface area (Å²) in [6.45, 7) is 6.51. The lowest BCUT2D eigenvalue weighted by molar-refractivity contribution is 0.0479. The van der Waals surface area contributed by atoms with Crippen LogP contribution in [0.4, 0.5) is 4.39 Å². The molecule has 5 atom stereocenters. The molecule has 1 N–H and O–H groups in total. The summed E-state index contributed by atoms with van der Waals surface area (Å²) in [7, 11) is 1.97. The van der Waals surface area contributed by atoms with E-state index in [2.05, 4.69) is 42.0 Å². The second-order valence-electron chi connectivity index (χ2n) is 5.82. The van der Waals surface area contributed by atoms with Gasteiger partial charge in [0.25, 0.3) is 0 Å². The van der Waals surface area contributed by atoms with Gasteiger partial charge in [-0.2, -0.15) is 0 Å². The first-order valence-corrected chi connectivity index (χ1v) is 8.00. The SMILES string of the molecule is CNC(Cc1cc(F)ccc1Br)C1C(C)OC(C)C1C. The monoisotopic (exact) mass is 343 g/mol. The summed E-state index contributed by atoms with van der Waals surface area (Å²) in [5.41, 5.74) is 1.00. The van der Waals surface area contributed by atoms with Crippen molar-refractivity contribution in [2.24, 2.45) is 11.8 Å². The van der Waals surface area contributed by atoms with Crippen LogP contribution in [0, 0.1) is 17.7 Å². The number of nitrogens with one attached hydrogen (secondary N) is 1. The molecule has 2 rings (SSSR count). The largest absolute Gasteiger partial charge is 0.375 e. The molecular formula is C16H23BrFNO. The second-order valence-corrected chi connectivity index (χ2v) is 6.67. The van der Waals surface area contributed by atoms with Gasteiger partial charge in [-0.25, -0.2) is 4.39 Å². The van der Waals surface area contributed by atoms with Crippen LogP contribution in [-0.2, 0) is 11.2 Å². The molecule has 1 heterocycles. The predicted molar refractivity (Wildman–Crippen MR) is 83.3 cm³/mol. The van der Waals surface area contributed by atoms with E-state index < -0.39 is 0 Å². The fourth-order valence-electron chi connectivity index (χ4n) is 3.35. The second kappa shape index (κ2) is 6.54. The Kier molecular flexibility index (Phi) is 5.21. The predicted octanol–water partition coefficient (Wildman–Crippen LogP) is 3.78. The molecule has 0 spiro atoms. The Labute approximate surface area is 129 Å². The molecule has 1 fully saturated rings. The van der Waals surface area contributed by atoms with Crippen molar-refractivity contribution in [1.82, 2.24) is 5.32 Å². The molecule has 0 bridgehead atoms. The quantitative estimate of drug-likeness (QED) is 0.898. The number of hydrogen-bond donors (Lipinski definition) is 1. The Morgan fingerprint density at radius 1 is 1.30 bits per heavy atom. The van der Waals surface area contributed by atoms with Crippen LogP contribution < -0.4 is 5.32 Å². The Morgan fingerprint density at radius 2 is 2.00 bits per heavy atom. The summed E-state index contributed by atoms with van der Waals surface area (Å²) in [4.78, 5) is 0. The van der Waals surface area contributed by atoms with E-state index in [-0.39, 0.29) is 24.1 Å². The Balaban J connectivity index is 2.19. The van der Waals surface area contributed by atoms with E-state index in [0.29, 0.717) is 11.8 Å². The average Bonchev–Trinajstić information content (AvgIpc) is 2.65. The summed E-state index contributed by atoms with van der Waals surface area (Å²) in [6, 6.07) is 5.15. The Hall–Kier alpha value is -0.450. The molecule has 20 heavy (non-hydrogen) atoms. The third-order valence-corrected chi connectivity index (χ3v) is 5.38. The molecule has 0 radical (unpaired) electrons. The summed E-state index contributed by atoms with van der Waals surface area (Å²) in [6.07, 6.45) is 1.30. The van der Waals surface area contributed by atoms with Gasteiger partial charge in [0.2, 0.25) is 0 Å². The summed E-state index contributed by atoms with van der Waals surface area (Å²) >= 11 is 3.51. The minimum Gasteiger partial charge on any atom is -0.375 e. The van der Waals surface area contributed by atoms with Gasteiger partial charge in [-0.1, -0.05) is 22.9 Å². The Bertz CT molecular complexity index is 468. The number of halogens is 2. The van der Waals surface area contributed by atoms with Crippen molar-refractivity contribution in [2.75, 3.05) is 7.05 Å². The van der Waals surface area contributed by atoms with Crippen molar-refractivity contribution in [3.63, 3.8) is 0 Å². The van der Waals surface area contributed by atoms with Crippen LogP contribution in [0.1, 0.15) is 26.3 Å². The van der Waals surface area contributed by atoms with Gasteiger partial charge in [-0.3, -0.25) is 0 Å². The van der Waals surface area contributed by atoms with Crippen LogP contribution in [0.5, 0.6) is 0 Å². The van der Waals surface area contributed by atoms with Crippen molar-refractivity contribution in [1.29, 1.82) is 0 Å². The highest BCUT2D eigenvalue weighted by Crippen LogP contribution is 2.36. The molecule has 1 aliphatic heterocycles. The Morgan fingerprint density at radius 3 is 2.55 bits per heavy atom. The number of benzene rings is 1. The van der Waals surface area contributed by atoms with Crippen molar-refractivity contribution >= 4 is 15.9 Å². The lowest BCUT2D eigenvalue weighted by Gasteiger charge is -2.29. The van der Waals surface area contributed by atoms with Crippen LogP contribution in [-0.4, -0.2) is 25.3 Å². The summed E-state index contributed by atoms with van der Waals surface area (Å²) < 4.78 is 20.3. The topological polar surface area (TPSA) is 21.3 Å². The van der Waals surface area contributed by atoms with Gasteiger partial charge in [0.05, 0.1) is 12.2 Å². The highest BCUT2D eigenvalue weighted by atomic mass is 79.9. The van der Waals surface area contributed by atoms with Crippen LogP contribution in [0.25, 0.3) is 0 Å². The first-order chi connectivity index (χ1) is 9.43. The zero-order chi connectivity index (χ0) is 14.9. The molecule has 1 saturated heterocycles. The fraction of sp³-hybridized carbons (Fsp3) is 0.625. The van der Waals surface area contributed by atoms with E-state index in [1.165, 1.54) is 6.07 Å². The van der Waals surface area contributed by atoms with Crippen LogP contribution >= 0.6 is 15.9 Å². The molecule has 5 unspecified atom stereocenters. The third-order valence-electron chi connectivity index (χ3n) is 4.60. The van der Waals surface area contributed by atoms with E-state index in [4.69, 9.17) is 4.74 Å². The van der Waals surface area contributed by atoms with Gasteiger partial charge in [0, 0.05) is 16.4 Å². The first kappa shape index (κ1) is 15.9. The molecule has 0 aliphatic carbocycles. The van der Waals surface area contributed by atoms with Crippen molar-refractivity contribution in [2.45, 2.75) is 45.4 Å². The van der Waals surface area contributed by atoms with Gasteiger partial charge < -0.3 is 10.1 Å². The van der Waals surface area contributed by atoms with Gasteiger partial charge >= 0.3 is 0 Å². The standard InChI is InChI=1S/C16H23BrFNO/c1-9-10(2)20-11(3)16(9)15(19-4)8-12-7-13(18)5-6-14(12)17/h5-7,9-11,15-16,19H,8H2,1-4H3. The maximum absolute atomic E-state index is 13.4. The molecule has 0 amide bonds. The molecule has 4 heteroatoms. The van der Waals surface area contributed by atoms with Crippen molar-refractivity contribution < 1.29 is 9.13 Å². The maximum atomic E-state index is 13.4. The molecule has 0 saturated carbocycles. The molecule has 2 nitrogen and oxygen atoms in total. The van der Waals surface area contributed by atoms with Gasteiger partial charge in [0.1, 0.15) is 5.82 Å². The zero-order valence-electron chi connectivity index (χ0n) is 12.5. The average molecular weight is 344 g/mol. The highest BCUT2D eigenvalue weighted by Gasteiger charge is 2.41. The normalized spacial score (nSPS) is 31.5. The van der Waals surface area contributed by atoms with E-state index in [1.807, 2.05) is 7.05 Å². The zero-order valence-corrected chi connectivity index (χ0v) is 14.1. The maximum Gasteiger partial charge on any atom is 0.123 e. The van der Waals surface area contributed by atoms with Crippen molar-refractivity contribution in [3.8, 4) is 0 Å². The van der Waals surface area contributed by atoms with Crippen LogP contribution in [0.3, 0.4) is 0 Å². The van der Waals surface area contributed by atoms with E-state index in [9.17, 15) is 4.39 Å². The third kappa shape index (κ3) is 3.23. The lowest BCUT2D eigenvalue weighted by atomic mass is 9.81. The number of likely N-dealkylation sites (N-methyl/N-ethyl adjacent to an activating group) is 1. The van der Waals surface area contributed by atoms with Crippen LogP contribution in [0.15, 0.2) is 22.7 Å². The van der Waals surface area contributed by atoms with Crippen LogP contribution in [0.2, 0.25) is 0 Å². The van der Waals surface area contributed by atoms with E-state index in [1.54, 1.807) is 12.1 Å². The van der Waals surface area contributed by atoms with Gasteiger partial charge in [-0.05, 0) is 57.0 Å². The minimum absolute atomic E-state index is 0.185. The molecule has 1 aromatic rings. The van der Waals surface area contributed by atoms with Gasteiger partial charge in [-0.15, -0.1) is 0 Å². The van der Waals surface area contributed by atoms with E-state index in [0.717, 1.165) is 16.5 Å². The molecule has 1 aliphatic rings. The molecule has 0 aromatic heterocycles. The number of rotatable bonds is 4. The molecule has 112 valence electrons.